The Morgan fingerprint density at radius 1 is 1.17 bits per heavy atom. The highest BCUT2D eigenvalue weighted by Gasteiger charge is 2.30. The highest BCUT2D eigenvalue weighted by Crippen LogP contribution is 2.26. The predicted octanol–water partition coefficient (Wildman–Crippen LogP) is 3.40. The van der Waals surface area contributed by atoms with Crippen LogP contribution in [0.15, 0.2) is 48.5 Å². The molecule has 2 aromatic rings. The third-order valence-electron chi connectivity index (χ3n) is 3.99. The van der Waals surface area contributed by atoms with Crippen molar-refractivity contribution in [3.8, 4) is 5.75 Å². The lowest BCUT2D eigenvalue weighted by Gasteiger charge is -2.36. The van der Waals surface area contributed by atoms with E-state index in [9.17, 15) is 9.18 Å². The molecule has 24 heavy (non-hydrogen) atoms. The molecule has 0 aromatic heterocycles. The van der Waals surface area contributed by atoms with Crippen molar-refractivity contribution in [3.05, 3.63) is 59.9 Å². The van der Waals surface area contributed by atoms with Gasteiger partial charge in [-0.15, -0.1) is 0 Å². The first-order valence-electron chi connectivity index (χ1n) is 7.82. The van der Waals surface area contributed by atoms with Gasteiger partial charge in [-0.05, 0) is 30.5 Å². The van der Waals surface area contributed by atoms with Crippen molar-refractivity contribution >= 4 is 11.8 Å². The number of carbonyl (C=O) groups is 1. The van der Waals surface area contributed by atoms with Crippen molar-refractivity contribution in [1.29, 1.82) is 0 Å². The zero-order valence-corrected chi connectivity index (χ0v) is 13.0. The molecule has 0 bridgehead atoms. The van der Waals surface area contributed by atoms with E-state index in [0.717, 1.165) is 18.4 Å². The Morgan fingerprint density at radius 2 is 1.92 bits per heavy atom. The number of aromatic hydroxyl groups is 1. The molecule has 1 fully saturated rings. The summed E-state index contributed by atoms with van der Waals surface area (Å²) in [5.41, 5.74) is 1.55. The molecule has 0 saturated heterocycles. The summed E-state index contributed by atoms with van der Waals surface area (Å²) in [5, 5.41) is 15.1. The van der Waals surface area contributed by atoms with E-state index in [2.05, 4.69) is 10.6 Å². The molecule has 2 aromatic carbocycles. The topological polar surface area (TPSA) is 70.6 Å². The van der Waals surface area contributed by atoms with Crippen LogP contribution in [0.2, 0.25) is 0 Å². The molecule has 0 radical (unpaired) electrons. The molecule has 3 N–H and O–H groups in total. The van der Waals surface area contributed by atoms with Crippen molar-refractivity contribution < 1.29 is 19.0 Å². The third kappa shape index (κ3) is 4.16. The van der Waals surface area contributed by atoms with E-state index < -0.39 is 11.9 Å². The van der Waals surface area contributed by atoms with Crippen LogP contribution in [0.25, 0.3) is 0 Å². The summed E-state index contributed by atoms with van der Waals surface area (Å²) in [5.74, 6) is -1.02. The van der Waals surface area contributed by atoms with Crippen molar-refractivity contribution in [2.45, 2.75) is 31.5 Å². The van der Waals surface area contributed by atoms with Gasteiger partial charge in [0, 0.05) is 23.8 Å². The molecule has 0 unspecified atom stereocenters. The second kappa shape index (κ2) is 7.21. The van der Waals surface area contributed by atoms with Gasteiger partial charge < -0.3 is 20.5 Å². The maximum atomic E-state index is 13.3. The van der Waals surface area contributed by atoms with Gasteiger partial charge in [0.1, 0.15) is 6.61 Å². The van der Waals surface area contributed by atoms with Crippen LogP contribution in [0.3, 0.4) is 0 Å². The molecule has 0 atom stereocenters. The van der Waals surface area contributed by atoms with Crippen molar-refractivity contribution in [2.75, 3.05) is 5.32 Å². The summed E-state index contributed by atoms with van der Waals surface area (Å²) < 4.78 is 18.4. The molecule has 0 aliphatic heterocycles. The van der Waals surface area contributed by atoms with Gasteiger partial charge in [0.05, 0.1) is 0 Å². The highest BCUT2D eigenvalue weighted by atomic mass is 19.1. The molecular weight excluding hydrogens is 311 g/mol. The fraction of sp³-hybridized carbons (Fsp3) is 0.278. The standard InChI is InChI=1S/C18H19FN2O3/c19-16-10-13(6-7-17(16)22)20-14-8-15(9-14)21-18(23)24-11-12-4-2-1-3-5-12/h1-7,10,14-15,20,22H,8-9,11H2,(H,21,23). The molecular formula is C18H19FN2O3. The Morgan fingerprint density at radius 3 is 2.62 bits per heavy atom. The van der Waals surface area contributed by atoms with Crippen molar-refractivity contribution in [1.82, 2.24) is 5.32 Å². The summed E-state index contributed by atoms with van der Waals surface area (Å²) in [6.45, 7) is 0.244. The number of alkyl carbamates (subject to hydrolysis) is 1. The number of phenols is 1. The highest BCUT2D eigenvalue weighted by molar-refractivity contribution is 5.67. The van der Waals surface area contributed by atoms with E-state index in [-0.39, 0.29) is 24.4 Å². The molecule has 0 heterocycles. The summed E-state index contributed by atoms with van der Waals surface area (Å²) in [6.07, 6.45) is 1.05. The largest absolute Gasteiger partial charge is 0.505 e. The molecule has 126 valence electrons. The maximum absolute atomic E-state index is 13.3. The number of ether oxygens (including phenoxy) is 1. The van der Waals surface area contributed by atoms with Gasteiger partial charge >= 0.3 is 6.09 Å². The van der Waals surface area contributed by atoms with Crippen LogP contribution in [-0.2, 0) is 11.3 Å². The first-order valence-corrected chi connectivity index (χ1v) is 7.82. The van der Waals surface area contributed by atoms with Gasteiger partial charge in [-0.25, -0.2) is 9.18 Å². The molecule has 0 spiro atoms. The SMILES string of the molecule is O=C(NC1CC(Nc2ccc(O)c(F)c2)C1)OCc1ccccc1. The van der Waals surface area contributed by atoms with E-state index in [1.54, 1.807) is 6.07 Å². The minimum absolute atomic E-state index is 0.0488. The van der Waals surface area contributed by atoms with Crippen LogP contribution in [0.5, 0.6) is 5.75 Å². The van der Waals surface area contributed by atoms with Crippen LogP contribution in [0.4, 0.5) is 14.9 Å². The Hall–Kier alpha value is -2.76. The van der Waals surface area contributed by atoms with Crippen molar-refractivity contribution in [3.63, 3.8) is 0 Å². The second-order valence-electron chi connectivity index (χ2n) is 5.88. The van der Waals surface area contributed by atoms with Gasteiger partial charge in [-0.1, -0.05) is 30.3 Å². The molecule has 3 rings (SSSR count). The number of carbonyl (C=O) groups excluding carboxylic acids is 1. The smallest absolute Gasteiger partial charge is 0.407 e. The Labute approximate surface area is 139 Å². The minimum atomic E-state index is -0.654. The summed E-state index contributed by atoms with van der Waals surface area (Å²) >= 11 is 0. The maximum Gasteiger partial charge on any atom is 0.407 e. The molecule has 6 heteroatoms. The fourth-order valence-electron chi connectivity index (χ4n) is 2.62. The van der Waals surface area contributed by atoms with Crippen LogP contribution in [0, 0.1) is 5.82 Å². The van der Waals surface area contributed by atoms with E-state index in [1.807, 2.05) is 30.3 Å². The molecule has 1 amide bonds. The molecule has 1 aliphatic rings. The minimum Gasteiger partial charge on any atom is -0.505 e. The normalized spacial score (nSPS) is 19.2. The number of phenolic OH excluding ortho intramolecular Hbond substituents is 1. The average molecular weight is 330 g/mol. The number of anilines is 1. The predicted molar refractivity (Wildman–Crippen MR) is 88.3 cm³/mol. The number of hydrogen-bond acceptors (Lipinski definition) is 4. The Bertz CT molecular complexity index is 703. The lowest BCUT2D eigenvalue weighted by atomic mass is 9.86. The van der Waals surface area contributed by atoms with E-state index in [4.69, 9.17) is 9.84 Å². The quantitative estimate of drug-likeness (QED) is 0.735. The van der Waals surface area contributed by atoms with Gasteiger partial charge in [-0.3, -0.25) is 0 Å². The first kappa shape index (κ1) is 16.1. The first-order chi connectivity index (χ1) is 11.6. The lowest BCUT2D eigenvalue weighted by molar-refractivity contribution is 0.129. The van der Waals surface area contributed by atoms with Crippen LogP contribution < -0.4 is 10.6 Å². The van der Waals surface area contributed by atoms with Gasteiger partial charge in [0.15, 0.2) is 11.6 Å². The Kier molecular flexibility index (Phi) is 4.84. The third-order valence-corrected chi connectivity index (χ3v) is 3.99. The van der Waals surface area contributed by atoms with Crippen LogP contribution in [-0.4, -0.2) is 23.3 Å². The molecule has 1 aliphatic carbocycles. The number of nitrogens with one attached hydrogen (secondary N) is 2. The number of benzene rings is 2. The number of rotatable bonds is 5. The van der Waals surface area contributed by atoms with Crippen LogP contribution >= 0.6 is 0 Å². The summed E-state index contributed by atoms with van der Waals surface area (Å²) in [7, 11) is 0. The number of hydrogen-bond donors (Lipinski definition) is 3. The Balaban J connectivity index is 1.37. The summed E-state index contributed by atoms with van der Waals surface area (Å²) in [4.78, 5) is 11.7. The van der Waals surface area contributed by atoms with E-state index in [1.165, 1.54) is 12.1 Å². The average Bonchev–Trinajstić information content (AvgIpc) is 2.55. The lowest BCUT2D eigenvalue weighted by Crippen LogP contribution is -2.49. The monoisotopic (exact) mass is 330 g/mol. The molecule has 1 saturated carbocycles. The van der Waals surface area contributed by atoms with Gasteiger partial charge in [0.25, 0.3) is 0 Å². The van der Waals surface area contributed by atoms with E-state index >= 15 is 0 Å². The second-order valence-corrected chi connectivity index (χ2v) is 5.88. The number of halogens is 1. The zero-order valence-electron chi connectivity index (χ0n) is 13.0. The molecule has 5 nitrogen and oxygen atoms in total. The van der Waals surface area contributed by atoms with Crippen LogP contribution in [0.1, 0.15) is 18.4 Å². The van der Waals surface area contributed by atoms with Gasteiger partial charge in [-0.2, -0.15) is 0 Å². The van der Waals surface area contributed by atoms with Gasteiger partial charge in [0.2, 0.25) is 0 Å². The summed E-state index contributed by atoms with van der Waals surface area (Å²) in [6, 6.07) is 13.9. The van der Waals surface area contributed by atoms with Crippen molar-refractivity contribution in [2.24, 2.45) is 0 Å². The zero-order chi connectivity index (χ0) is 16.9. The van der Waals surface area contributed by atoms with E-state index in [0.29, 0.717) is 5.69 Å². The number of amides is 1. The fourth-order valence-corrected chi connectivity index (χ4v) is 2.62.